The number of nitrogens with two attached hydrogens (primary N) is 1. The second-order valence-corrected chi connectivity index (χ2v) is 4.80. The number of rotatable bonds is 3. The third-order valence-corrected chi connectivity index (χ3v) is 2.95. The maximum absolute atomic E-state index is 12.0. The van der Waals surface area contributed by atoms with Gasteiger partial charge in [0.2, 0.25) is 5.91 Å². The van der Waals surface area contributed by atoms with Gasteiger partial charge in [-0.15, -0.1) is 0 Å². The summed E-state index contributed by atoms with van der Waals surface area (Å²) in [6.45, 7) is 2.36. The highest BCUT2D eigenvalue weighted by Crippen LogP contribution is 2.10. The molecule has 2 aromatic carbocycles. The van der Waals surface area contributed by atoms with E-state index in [2.05, 4.69) is 17.2 Å². The van der Waals surface area contributed by atoms with Crippen LogP contribution in [0.1, 0.15) is 16.7 Å². The molecule has 0 aromatic heterocycles. The largest absolute Gasteiger partial charge is 0.326 e. The van der Waals surface area contributed by atoms with Gasteiger partial charge in [0.15, 0.2) is 0 Å². The fourth-order valence-electron chi connectivity index (χ4n) is 2.00. The average Bonchev–Trinajstić information content (AvgIpc) is 2.46. The molecule has 2 rings (SSSR count). The normalized spacial score (nSPS) is 9.62. The summed E-state index contributed by atoms with van der Waals surface area (Å²) in [7, 11) is 0. The zero-order valence-corrected chi connectivity index (χ0v) is 12.0. The summed E-state index contributed by atoms with van der Waals surface area (Å²) in [5, 5.41) is 2.88. The average molecular weight is 278 g/mol. The Balaban J connectivity index is 1.96. The highest BCUT2D eigenvalue weighted by atomic mass is 16.1. The molecule has 2 aromatic rings. The number of aryl methyl sites for hydroxylation is 1. The fourth-order valence-corrected chi connectivity index (χ4v) is 2.00. The molecule has 3 nitrogen and oxygen atoms in total. The highest BCUT2D eigenvalue weighted by molar-refractivity contribution is 5.92. The first kappa shape index (κ1) is 14.8. The lowest BCUT2D eigenvalue weighted by Gasteiger charge is -2.06. The van der Waals surface area contributed by atoms with Crippen molar-refractivity contribution in [3.8, 4) is 11.8 Å². The van der Waals surface area contributed by atoms with Gasteiger partial charge in [-0.1, -0.05) is 41.7 Å². The van der Waals surface area contributed by atoms with E-state index >= 15 is 0 Å². The second kappa shape index (κ2) is 7.28. The van der Waals surface area contributed by atoms with Crippen LogP contribution < -0.4 is 11.1 Å². The molecular formula is C18H18N2O. The Labute approximate surface area is 125 Å². The maximum Gasteiger partial charge on any atom is 0.228 e. The molecule has 0 spiro atoms. The Morgan fingerprint density at radius 2 is 1.95 bits per heavy atom. The highest BCUT2D eigenvalue weighted by Gasteiger charge is 2.04. The third-order valence-electron chi connectivity index (χ3n) is 2.95. The number of hydrogen-bond acceptors (Lipinski definition) is 2. The van der Waals surface area contributed by atoms with Crippen molar-refractivity contribution in [2.24, 2.45) is 5.73 Å². The van der Waals surface area contributed by atoms with Crippen LogP contribution in [-0.2, 0) is 11.2 Å². The van der Waals surface area contributed by atoms with Crippen LogP contribution in [-0.4, -0.2) is 12.5 Å². The van der Waals surface area contributed by atoms with Gasteiger partial charge >= 0.3 is 0 Å². The van der Waals surface area contributed by atoms with Gasteiger partial charge < -0.3 is 11.1 Å². The van der Waals surface area contributed by atoms with Gasteiger partial charge in [-0.2, -0.15) is 0 Å². The lowest BCUT2D eigenvalue weighted by atomic mass is 10.1. The van der Waals surface area contributed by atoms with Crippen molar-refractivity contribution in [1.82, 2.24) is 0 Å². The predicted molar refractivity (Wildman–Crippen MR) is 85.9 cm³/mol. The fraction of sp³-hybridized carbons (Fsp3) is 0.167. The minimum Gasteiger partial charge on any atom is -0.326 e. The van der Waals surface area contributed by atoms with Crippen LogP contribution in [0.15, 0.2) is 48.5 Å². The molecule has 0 bridgehead atoms. The van der Waals surface area contributed by atoms with E-state index in [0.717, 1.165) is 22.4 Å². The van der Waals surface area contributed by atoms with Crippen molar-refractivity contribution in [2.75, 3.05) is 11.9 Å². The van der Waals surface area contributed by atoms with Crippen molar-refractivity contribution in [1.29, 1.82) is 0 Å². The van der Waals surface area contributed by atoms with Gasteiger partial charge in [0.05, 0.1) is 13.0 Å². The standard InChI is InChI=1S/C18H18N2O/c1-14-4-2-5-16(12-14)13-18(21)20-17-9-7-15(8-10-17)6-3-11-19/h2,4-5,7-10,12H,11,13,19H2,1H3,(H,20,21). The van der Waals surface area contributed by atoms with Gasteiger partial charge in [-0.25, -0.2) is 0 Å². The van der Waals surface area contributed by atoms with Crippen LogP contribution in [0.5, 0.6) is 0 Å². The Morgan fingerprint density at radius 1 is 1.19 bits per heavy atom. The van der Waals surface area contributed by atoms with Crippen molar-refractivity contribution in [3.63, 3.8) is 0 Å². The second-order valence-electron chi connectivity index (χ2n) is 4.80. The SMILES string of the molecule is Cc1cccc(CC(=O)Nc2ccc(C#CCN)cc2)c1. The summed E-state index contributed by atoms with van der Waals surface area (Å²) in [5.41, 5.74) is 9.15. The topological polar surface area (TPSA) is 55.1 Å². The van der Waals surface area contributed by atoms with E-state index in [9.17, 15) is 4.79 Å². The minimum absolute atomic E-state index is 0.0265. The molecule has 0 radical (unpaired) electrons. The Kier molecular flexibility index (Phi) is 5.14. The van der Waals surface area contributed by atoms with Gasteiger partial charge in [-0.05, 0) is 36.8 Å². The molecule has 0 aliphatic rings. The van der Waals surface area contributed by atoms with E-state index in [1.54, 1.807) is 0 Å². The molecule has 0 unspecified atom stereocenters. The van der Waals surface area contributed by atoms with Crippen LogP contribution in [0.4, 0.5) is 5.69 Å². The van der Waals surface area contributed by atoms with E-state index in [4.69, 9.17) is 5.73 Å². The molecule has 0 aliphatic carbocycles. The van der Waals surface area contributed by atoms with Crippen LogP contribution in [0.2, 0.25) is 0 Å². The zero-order valence-electron chi connectivity index (χ0n) is 12.0. The predicted octanol–water partition coefficient (Wildman–Crippen LogP) is 2.49. The van der Waals surface area contributed by atoms with E-state index in [0.29, 0.717) is 13.0 Å². The summed E-state index contributed by atoms with van der Waals surface area (Å²) in [6.07, 6.45) is 0.371. The maximum atomic E-state index is 12.0. The van der Waals surface area contributed by atoms with Gasteiger partial charge in [-0.3, -0.25) is 4.79 Å². The summed E-state index contributed by atoms with van der Waals surface area (Å²) in [6, 6.07) is 15.4. The first-order valence-electron chi connectivity index (χ1n) is 6.82. The molecule has 1 amide bonds. The van der Waals surface area contributed by atoms with E-state index < -0.39 is 0 Å². The monoisotopic (exact) mass is 278 g/mol. The lowest BCUT2D eigenvalue weighted by molar-refractivity contribution is -0.115. The number of carbonyl (C=O) groups excluding carboxylic acids is 1. The van der Waals surface area contributed by atoms with Crippen molar-refractivity contribution in [2.45, 2.75) is 13.3 Å². The first-order chi connectivity index (χ1) is 10.2. The number of amides is 1. The minimum atomic E-state index is -0.0265. The quantitative estimate of drug-likeness (QED) is 0.848. The Morgan fingerprint density at radius 3 is 2.62 bits per heavy atom. The van der Waals surface area contributed by atoms with E-state index in [1.165, 1.54) is 0 Å². The zero-order chi connectivity index (χ0) is 15.1. The molecular weight excluding hydrogens is 260 g/mol. The molecule has 21 heavy (non-hydrogen) atoms. The smallest absolute Gasteiger partial charge is 0.228 e. The van der Waals surface area contributed by atoms with Crippen molar-refractivity contribution < 1.29 is 4.79 Å². The van der Waals surface area contributed by atoms with Gasteiger partial charge in [0.25, 0.3) is 0 Å². The first-order valence-corrected chi connectivity index (χ1v) is 6.82. The van der Waals surface area contributed by atoms with E-state index in [1.807, 2.05) is 55.5 Å². The van der Waals surface area contributed by atoms with Crippen molar-refractivity contribution >= 4 is 11.6 Å². The van der Waals surface area contributed by atoms with E-state index in [-0.39, 0.29) is 5.91 Å². The van der Waals surface area contributed by atoms with Gasteiger partial charge in [0.1, 0.15) is 0 Å². The van der Waals surface area contributed by atoms with Crippen LogP contribution in [0.25, 0.3) is 0 Å². The third kappa shape index (κ3) is 4.79. The molecule has 0 saturated carbocycles. The molecule has 0 aliphatic heterocycles. The van der Waals surface area contributed by atoms with Gasteiger partial charge in [0, 0.05) is 11.3 Å². The summed E-state index contributed by atoms with van der Waals surface area (Å²) >= 11 is 0. The molecule has 0 heterocycles. The molecule has 0 saturated heterocycles. The molecule has 0 atom stereocenters. The van der Waals surface area contributed by atoms with Crippen LogP contribution in [0, 0.1) is 18.8 Å². The molecule has 0 fully saturated rings. The number of carbonyl (C=O) groups is 1. The number of nitrogens with one attached hydrogen (secondary N) is 1. The summed E-state index contributed by atoms with van der Waals surface area (Å²) in [5.74, 6) is 5.71. The number of benzene rings is 2. The molecule has 106 valence electrons. The number of anilines is 1. The van der Waals surface area contributed by atoms with Crippen LogP contribution in [0.3, 0.4) is 0 Å². The molecule has 3 N–H and O–H groups in total. The summed E-state index contributed by atoms with van der Waals surface area (Å²) in [4.78, 5) is 12.0. The van der Waals surface area contributed by atoms with Crippen molar-refractivity contribution in [3.05, 3.63) is 65.2 Å². The lowest BCUT2D eigenvalue weighted by Crippen LogP contribution is -2.14. The van der Waals surface area contributed by atoms with Crippen LogP contribution >= 0.6 is 0 Å². The Hall–Kier alpha value is -2.57. The number of hydrogen-bond donors (Lipinski definition) is 2. The Bertz CT molecular complexity index is 678. The summed E-state index contributed by atoms with van der Waals surface area (Å²) < 4.78 is 0. The molecule has 3 heteroatoms.